The Morgan fingerprint density at radius 2 is 1.55 bits per heavy atom. The molecule has 20 heavy (non-hydrogen) atoms. The van der Waals surface area contributed by atoms with Gasteiger partial charge in [-0.15, -0.1) is 0 Å². The van der Waals surface area contributed by atoms with Gasteiger partial charge in [0.25, 0.3) is 0 Å². The highest BCUT2D eigenvalue weighted by Gasteiger charge is 2.29. The first-order valence-electron chi connectivity index (χ1n) is 5.99. The van der Waals surface area contributed by atoms with Gasteiger partial charge in [-0.3, -0.25) is 4.98 Å². The first-order chi connectivity index (χ1) is 9.55. The molecule has 0 saturated heterocycles. The minimum Gasteiger partial charge on any atom is -0.257 e. The smallest absolute Gasteiger partial charge is 0.257 e. The van der Waals surface area contributed by atoms with E-state index in [2.05, 4.69) is 4.98 Å². The number of aromatic nitrogens is 1. The Balaban J connectivity index is 2.00. The molecule has 102 valence electrons. The molecule has 1 heterocycles. The van der Waals surface area contributed by atoms with Crippen LogP contribution in [0.15, 0.2) is 60.8 Å². The van der Waals surface area contributed by atoms with Crippen LogP contribution in [-0.4, -0.2) is 4.98 Å². The second kappa shape index (κ2) is 6.19. The zero-order valence-corrected chi connectivity index (χ0v) is 10.5. The topological polar surface area (TPSA) is 12.9 Å². The minimum atomic E-state index is -4.29. The van der Waals surface area contributed by atoms with Crippen molar-refractivity contribution in [3.05, 3.63) is 77.6 Å². The van der Waals surface area contributed by atoms with Gasteiger partial charge in [-0.25, -0.2) is 0 Å². The van der Waals surface area contributed by atoms with E-state index in [0.29, 0.717) is 5.56 Å². The monoisotopic (exact) mass is 275 g/mol. The molecule has 0 fully saturated rings. The molecule has 0 bridgehead atoms. The lowest BCUT2D eigenvalue weighted by Gasteiger charge is -2.05. The van der Waals surface area contributed by atoms with Crippen molar-refractivity contribution in [3.63, 3.8) is 0 Å². The van der Waals surface area contributed by atoms with Crippen molar-refractivity contribution in [3.8, 4) is 0 Å². The lowest BCUT2D eigenvalue weighted by atomic mass is 10.1. The van der Waals surface area contributed by atoms with Crippen LogP contribution in [0.4, 0.5) is 13.2 Å². The van der Waals surface area contributed by atoms with Gasteiger partial charge in [0.05, 0.1) is 11.3 Å². The van der Waals surface area contributed by atoms with Gasteiger partial charge in [0.1, 0.15) is 0 Å². The molecule has 0 amide bonds. The summed E-state index contributed by atoms with van der Waals surface area (Å²) in [6, 6.07) is 10.6. The molecule has 2 aromatic rings. The van der Waals surface area contributed by atoms with E-state index in [0.717, 1.165) is 17.8 Å². The number of hydrogen-bond donors (Lipinski definition) is 0. The third-order valence-corrected chi connectivity index (χ3v) is 2.59. The van der Waals surface area contributed by atoms with E-state index in [4.69, 9.17) is 0 Å². The summed E-state index contributed by atoms with van der Waals surface area (Å²) < 4.78 is 37.1. The molecular formula is C16H12F3N. The third kappa shape index (κ3) is 4.09. The van der Waals surface area contributed by atoms with E-state index in [1.165, 1.54) is 12.1 Å². The SMILES string of the molecule is FC(F)(F)c1ccc(/C=C\C=C/c2ccccn2)cc1. The Morgan fingerprint density at radius 1 is 0.850 bits per heavy atom. The van der Waals surface area contributed by atoms with E-state index in [1.807, 2.05) is 24.3 Å². The van der Waals surface area contributed by atoms with Crippen molar-refractivity contribution in [1.82, 2.24) is 4.98 Å². The van der Waals surface area contributed by atoms with Gasteiger partial charge in [-0.05, 0) is 35.9 Å². The number of rotatable bonds is 3. The second-order valence-corrected chi connectivity index (χ2v) is 4.09. The average molecular weight is 275 g/mol. The fourth-order valence-electron chi connectivity index (χ4n) is 1.58. The first-order valence-corrected chi connectivity index (χ1v) is 5.99. The number of halogens is 3. The van der Waals surface area contributed by atoms with Crippen LogP contribution in [0.3, 0.4) is 0 Å². The maximum atomic E-state index is 12.4. The quantitative estimate of drug-likeness (QED) is 0.731. The first kappa shape index (κ1) is 14.1. The molecule has 2 rings (SSSR count). The number of pyridine rings is 1. The predicted octanol–water partition coefficient (Wildman–Crippen LogP) is 4.83. The number of nitrogens with zero attached hydrogens (tertiary/aromatic N) is 1. The summed E-state index contributed by atoms with van der Waals surface area (Å²) in [5.41, 5.74) is 0.895. The van der Waals surface area contributed by atoms with E-state index in [1.54, 1.807) is 24.4 Å². The molecule has 0 N–H and O–H groups in total. The van der Waals surface area contributed by atoms with Crippen LogP contribution in [0.25, 0.3) is 12.2 Å². The number of alkyl halides is 3. The van der Waals surface area contributed by atoms with Gasteiger partial charge in [-0.2, -0.15) is 13.2 Å². The Kier molecular flexibility index (Phi) is 4.35. The van der Waals surface area contributed by atoms with E-state index >= 15 is 0 Å². The summed E-state index contributed by atoms with van der Waals surface area (Å²) in [6.45, 7) is 0. The van der Waals surface area contributed by atoms with Crippen molar-refractivity contribution in [2.24, 2.45) is 0 Å². The summed E-state index contributed by atoms with van der Waals surface area (Å²) in [6.07, 6.45) is 4.51. The molecule has 0 unspecified atom stereocenters. The van der Waals surface area contributed by atoms with Crippen LogP contribution in [0.2, 0.25) is 0 Å². The van der Waals surface area contributed by atoms with Crippen LogP contribution in [0.5, 0.6) is 0 Å². The van der Waals surface area contributed by atoms with Crippen LogP contribution >= 0.6 is 0 Å². The summed E-state index contributed by atoms with van der Waals surface area (Å²) in [5, 5.41) is 0. The van der Waals surface area contributed by atoms with Gasteiger partial charge >= 0.3 is 6.18 Å². The van der Waals surface area contributed by atoms with Crippen LogP contribution in [0.1, 0.15) is 16.8 Å². The summed E-state index contributed by atoms with van der Waals surface area (Å²) in [5.74, 6) is 0. The van der Waals surface area contributed by atoms with Gasteiger partial charge in [0, 0.05) is 6.20 Å². The molecule has 4 heteroatoms. The molecule has 1 aromatic heterocycles. The van der Waals surface area contributed by atoms with Crippen molar-refractivity contribution in [2.75, 3.05) is 0 Å². The Morgan fingerprint density at radius 3 is 2.15 bits per heavy atom. The molecular weight excluding hydrogens is 263 g/mol. The number of benzene rings is 1. The minimum absolute atomic E-state index is 0.640. The molecule has 0 aliphatic rings. The average Bonchev–Trinajstić information content (AvgIpc) is 2.44. The van der Waals surface area contributed by atoms with Gasteiger partial charge in [0.2, 0.25) is 0 Å². The van der Waals surface area contributed by atoms with Crippen molar-refractivity contribution < 1.29 is 13.2 Å². The standard InChI is InChI=1S/C16H12F3N/c17-16(18,19)14-10-8-13(9-11-14)5-1-2-6-15-7-3-4-12-20-15/h1-12H/b5-1-,6-2-. The van der Waals surface area contributed by atoms with Crippen molar-refractivity contribution >= 4 is 12.2 Å². The third-order valence-electron chi connectivity index (χ3n) is 2.59. The molecule has 0 radical (unpaired) electrons. The number of allylic oxidation sites excluding steroid dienone is 2. The van der Waals surface area contributed by atoms with Crippen LogP contribution in [-0.2, 0) is 6.18 Å². The normalized spacial score (nSPS) is 12.3. The van der Waals surface area contributed by atoms with Crippen LogP contribution in [0, 0.1) is 0 Å². The zero-order valence-electron chi connectivity index (χ0n) is 10.5. The van der Waals surface area contributed by atoms with Gasteiger partial charge in [-0.1, -0.05) is 36.4 Å². The van der Waals surface area contributed by atoms with E-state index in [9.17, 15) is 13.2 Å². The molecule has 1 aromatic carbocycles. The largest absolute Gasteiger partial charge is 0.416 e. The fourth-order valence-corrected chi connectivity index (χ4v) is 1.58. The van der Waals surface area contributed by atoms with Crippen molar-refractivity contribution in [2.45, 2.75) is 6.18 Å². The van der Waals surface area contributed by atoms with Crippen molar-refractivity contribution in [1.29, 1.82) is 0 Å². The highest BCUT2D eigenvalue weighted by Crippen LogP contribution is 2.29. The molecule has 1 nitrogen and oxygen atoms in total. The summed E-state index contributed by atoms with van der Waals surface area (Å²) in [7, 11) is 0. The summed E-state index contributed by atoms with van der Waals surface area (Å²) >= 11 is 0. The second-order valence-electron chi connectivity index (χ2n) is 4.09. The molecule has 0 saturated carbocycles. The maximum absolute atomic E-state index is 12.4. The van der Waals surface area contributed by atoms with Gasteiger partial charge in [0.15, 0.2) is 0 Å². The Bertz CT molecular complexity index is 596. The Labute approximate surface area is 115 Å². The maximum Gasteiger partial charge on any atom is 0.416 e. The molecule has 0 spiro atoms. The predicted molar refractivity (Wildman–Crippen MR) is 73.7 cm³/mol. The lowest BCUT2D eigenvalue weighted by Crippen LogP contribution is -2.03. The zero-order chi connectivity index (χ0) is 14.4. The highest BCUT2D eigenvalue weighted by molar-refractivity contribution is 5.55. The summed E-state index contributed by atoms with van der Waals surface area (Å²) in [4.78, 5) is 4.12. The van der Waals surface area contributed by atoms with Gasteiger partial charge < -0.3 is 0 Å². The highest BCUT2D eigenvalue weighted by atomic mass is 19.4. The number of hydrogen-bond acceptors (Lipinski definition) is 1. The molecule has 0 aliphatic heterocycles. The lowest BCUT2D eigenvalue weighted by molar-refractivity contribution is -0.137. The van der Waals surface area contributed by atoms with Crippen LogP contribution < -0.4 is 0 Å². The molecule has 0 atom stereocenters. The van der Waals surface area contributed by atoms with E-state index in [-0.39, 0.29) is 0 Å². The fraction of sp³-hybridized carbons (Fsp3) is 0.0625. The van der Waals surface area contributed by atoms with E-state index < -0.39 is 11.7 Å². The Hall–Kier alpha value is -2.36. The molecule has 0 aliphatic carbocycles.